The Balaban J connectivity index is 2.63. The molecular weight excluding hydrogens is 114 g/mol. The van der Waals surface area contributed by atoms with E-state index in [9.17, 15) is 0 Å². The molecule has 0 aliphatic carbocycles. The van der Waals surface area contributed by atoms with Crippen molar-refractivity contribution in [3.05, 3.63) is 12.3 Å². The van der Waals surface area contributed by atoms with Crippen LogP contribution in [0.1, 0.15) is 13.3 Å². The summed E-state index contributed by atoms with van der Waals surface area (Å²) in [6, 6.07) is 0. The summed E-state index contributed by atoms with van der Waals surface area (Å²) in [4.78, 5) is 4.04. The van der Waals surface area contributed by atoms with Gasteiger partial charge in [-0.2, -0.15) is 0 Å². The Morgan fingerprint density at radius 1 is 1.78 bits per heavy atom. The van der Waals surface area contributed by atoms with Crippen molar-refractivity contribution in [1.29, 1.82) is 0 Å². The standard InChI is InChI=1S/C7H11NO/c1-6-4-3-5-8-7(6)9-2/h3,5-6H,4H2,1-2H3/t6-/m0/s1. The van der Waals surface area contributed by atoms with E-state index < -0.39 is 0 Å². The molecule has 0 aromatic heterocycles. The van der Waals surface area contributed by atoms with Crippen LogP contribution in [-0.2, 0) is 4.74 Å². The normalized spacial score (nSPS) is 25.6. The minimum absolute atomic E-state index is 0.458. The summed E-state index contributed by atoms with van der Waals surface area (Å²) in [6.45, 7) is 2.10. The van der Waals surface area contributed by atoms with E-state index in [2.05, 4.69) is 11.9 Å². The summed E-state index contributed by atoms with van der Waals surface area (Å²) < 4.78 is 5.00. The first kappa shape index (κ1) is 6.33. The van der Waals surface area contributed by atoms with E-state index in [0.29, 0.717) is 5.92 Å². The Labute approximate surface area is 55.2 Å². The van der Waals surface area contributed by atoms with Crippen LogP contribution in [0.25, 0.3) is 0 Å². The highest BCUT2D eigenvalue weighted by Crippen LogP contribution is 2.10. The van der Waals surface area contributed by atoms with Gasteiger partial charge in [0.25, 0.3) is 0 Å². The summed E-state index contributed by atoms with van der Waals surface area (Å²) in [5.41, 5.74) is 0. The number of rotatable bonds is 0. The van der Waals surface area contributed by atoms with Gasteiger partial charge in [0, 0.05) is 12.1 Å². The SMILES string of the molecule is COC1=NC=CC[C@@H]1C. The molecule has 0 spiro atoms. The molecule has 9 heavy (non-hydrogen) atoms. The lowest BCUT2D eigenvalue weighted by atomic mass is 10.1. The second-order valence-corrected chi connectivity index (χ2v) is 2.19. The molecule has 0 N–H and O–H groups in total. The Morgan fingerprint density at radius 2 is 2.56 bits per heavy atom. The minimum Gasteiger partial charge on any atom is -0.484 e. The molecule has 1 heterocycles. The highest BCUT2D eigenvalue weighted by atomic mass is 16.5. The van der Waals surface area contributed by atoms with E-state index >= 15 is 0 Å². The molecule has 1 aliphatic heterocycles. The van der Waals surface area contributed by atoms with Crippen molar-refractivity contribution in [1.82, 2.24) is 0 Å². The number of hydrogen-bond donors (Lipinski definition) is 0. The van der Waals surface area contributed by atoms with Gasteiger partial charge >= 0.3 is 0 Å². The van der Waals surface area contributed by atoms with Gasteiger partial charge in [0.15, 0.2) is 5.90 Å². The molecule has 0 saturated heterocycles. The zero-order valence-electron chi connectivity index (χ0n) is 5.79. The largest absolute Gasteiger partial charge is 0.484 e. The average molecular weight is 125 g/mol. The maximum Gasteiger partial charge on any atom is 0.190 e. The third-order valence-corrected chi connectivity index (χ3v) is 1.43. The van der Waals surface area contributed by atoms with Crippen LogP contribution in [0.2, 0.25) is 0 Å². The van der Waals surface area contributed by atoms with Crippen LogP contribution in [0, 0.1) is 5.92 Å². The van der Waals surface area contributed by atoms with Crippen LogP contribution in [0.4, 0.5) is 0 Å². The molecule has 0 aromatic rings. The maximum atomic E-state index is 5.00. The Kier molecular flexibility index (Phi) is 1.88. The number of aliphatic imine (C=N–C) groups is 1. The predicted molar refractivity (Wildman–Crippen MR) is 37.4 cm³/mol. The monoisotopic (exact) mass is 125 g/mol. The van der Waals surface area contributed by atoms with Crippen molar-refractivity contribution in [2.75, 3.05) is 7.11 Å². The first-order valence-corrected chi connectivity index (χ1v) is 3.11. The van der Waals surface area contributed by atoms with E-state index in [1.807, 2.05) is 6.08 Å². The molecule has 50 valence electrons. The number of methoxy groups -OCH3 is 1. The highest BCUT2D eigenvalue weighted by molar-refractivity contribution is 5.79. The minimum atomic E-state index is 0.458. The van der Waals surface area contributed by atoms with Crippen molar-refractivity contribution in [2.24, 2.45) is 10.9 Å². The van der Waals surface area contributed by atoms with Crippen LogP contribution in [0.5, 0.6) is 0 Å². The molecule has 0 aromatic carbocycles. The third kappa shape index (κ3) is 1.31. The summed E-state index contributed by atoms with van der Waals surface area (Å²) in [7, 11) is 1.66. The molecule has 0 bridgehead atoms. The summed E-state index contributed by atoms with van der Waals surface area (Å²) in [6.07, 6.45) is 4.89. The average Bonchev–Trinajstić information content (AvgIpc) is 1.89. The van der Waals surface area contributed by atoms with Crippen LogP contribution in [0.3, 0.4) is 0 Å². The van der Waals surface area contributed by atoms with Crippen LogP contribution < -0.4 is 0 Å². The van der Waals surface area contributed by atoms with Crippen LogP contribution in [0.15, 0.2) is 17.3 Å². The summed E-state index contributed by atoms with van der Waals surface area (Å²) >= 11 is 0. The number of allylic oxidation sites excluding steroid dienone is 1. The van der Waals surface area contributed by atoms with Gasteiger partial charge in [0.05, 0.1) is 7.11 Å². The number of ether oxygens (including phenoxy) is 1. The zero-order chi connectivity index (χ0) is 6.69. The van der Waals surface area contributed by atoms with E-state index in [1.54, 1.807) is 13.3 Å². The molecule has 0 unspecified atom stereocenters. The van der Waals surface area contributed by atoms with Crippen molar-refractivity contribution in [2.45, 2.75) is 13.3 Å². The smallest absolute Gasteiger partial charge is 0.190 e. The summed E-state index contributed by atoms with van der Waals surface area (Å²) in [5.74, 6) is 1.30. The second kappa shape index (κ2) is 2.67. The molecule has 0 fully saturated rings. The number of nitrogens with zero attached hydrogens (tertiary/aromatic N) is 1. The Morgan fingerprint density at radius 3 is 3.00 bits per heavy atom. The molecule has 1 aliphatic rings. The molecule has 0 radical (unpaired) electrons. The maximum absolute atomic E-state index is 5.00. The molecule has 1 rings (SSSR count). The predicted octanol–water partition coefficient (Wildman–Crippen LogP) is 1.58. The van der Waals surface area contributed by atoms with Crippen LogP contribution >= 0.6 is 0 Å². The lowest BCUT2D eigenvalue weighted by Crippen LogP contribution is -2.13. The van der Waals surface area contributed by atoms with Crippen molar-refractivity contribution in [3.8, 4) is 0 Å². The van der Waals surface area contributed by atoms with E-state index in [1.165, 1.54) is 0 Å². The van der Waals surface area contributed by atoms with Crippen molar-refractivity contribution >= 4 is 5.90 Å². The first-order valence-electron chi connectivity index (χ1n) is 3.11. The molecular formula is C7H11NO. The van der Waals surface area contributed by atoms with E-state index in [0.717, 1.165) is 12.3 Å². The van der Waals surface area contributed by atoms with Crippen molar-refractivity contribution in [3.63, 3.8) is 0 Å². The van der Waals surface area contributed by atoms with Gasteiger partial charge in [0.1, 0.15) is 0 Å². The molecule has 0 saturated carbocycles. The Bertz CT molecular complexity index is 149. The van der Waals surface area contributed by atoms with Gasteiger partial charge in [-0.15, -0.1) is 0 Å². The second-order valence-electron chi connectivity index (χ2n) is 2.19. The number of hydrogen-bond acceptors (Lipinski definition) is 2. The van der Waals surface area contributed by atoms with Gasteiger partial charge in [-0.25, -0.2) is 4.99 Å². The van der Waals surface area contributed by atoms with Gasteiger partial charge in [-0.3, -0.25) is 0 Å². The fourth-order valence-corrected chi connectivity index (χ4v) is 0.873. The lowest BCUT2D eigenvalue weighted by molar-refractivity contribution is 0.368. The van der Waals surface area contributed by atoms with Gasteiger partial charge < -0.3 is 4.74 Å². The topological polar surface area (TPSA) is 21.6 Å². The third-order valence-electron chi connectivity index (χ3n) is 1.43. The van der Waals surface area contributed by atoms with E-state index in [4.69, 9.17) is 4.74 Å². The Hall–Kier alpha value is -0.790. The van der Waals surface area contributed by atoms with Crippen molar-refractivity contribution < 1.29 is 4.74 Å². The fourth-order valence-electron chi connectivity index (χ4n) is 0.873. The fraction of sp³-hybridized carbons (Fsp3) is 0.571. The molecule has 2 nitrogen and oxygen atoms in total. The zero-order valence-corrected chi connectivity index (χ0v) is 5.79. The van der Waals surface area contributed by atoms with Crippen LogP contribution in [-0.4, -0.2) is 13.0 Å². The lowest BCUT2D eigenvalue weighted by Gasteiger charge is -2.12. The quantitative estimate of drug-likeness (QED) is 0.481. The highest BCUT2D eigenvalue weighted by Gasteiger charge is 2.10. The molecule has 1 atom stereocenters. The van der Waals surface area contributed by atoms with Gasteiger partial charge in [0.2, 0.25) is 0 Å². The first-order chi connectivity index (χ1) is 4.34. The van der Waals surface area contributed by atoms with Gasteiger partial charge in [-0.05, 0) is 6.42 Å². The van der Waals surface area contributed by atoms with E-state index in [-0.39, 0.29) is 0 Å². The molecule has 2 heteroatoms. The summed E-state index contributed by atoms with van der Waals surface area (Å²) in [5, 5.41) is 0. The van der Waals surface area contributed by atoms with Gasteiger partial charge in [-0.1, -0.05) is 13.0 Å². The molecule has 0 amide bonds.